The Labute approximate surface area is 93.3 Å². The molecule has 0 radical (unpaired) electrons. The van der Waals surface area contributed by atoms with Gasteiger partial charge in [-0.05, 0) is 25.5 Å². The monoisotopic (exact) mass is 201 g/mol. The van der Waals surface area contributed by atoms with Crippen LogP contribution in [0.3, 0.4) is 0 Å². The van der Waals surface area contributed by atoms with Crippen molar-refractivity contribution in [2.75, 3.05) is 7.05 Å². The molecule has 15 heavy (non-hydrogen) atoms. The summed E-state index contributed by atoms with van der Waals surface area (Å²) in [6.45, 7) is 11.6. The summed E-state index contributed by atoms with van der Waals surface area (Å²) >= 11 is 0. The molecule has 1 unspecified atom stereocenters. The van der Waals surface area contributed by atoms with Crippen molar-refractivity contribution in [3.05, 3.63) is 36.5 Å². The van der Waals surface area contributed by atoms with Crippen LogP contribution in [-0.4, -0.2) is 13.3 Å². The molecule has 0 N–H and O–H groups in total. The van der Waals surface area contributed by atoms with Gasteiger partial charge >= 0.3 is 0 Å². The first-order chi connectivity index (χ1) is 7.11. The zero-order valence-corrected chi connectivity index (χ0v) is 9.88. The summed E-state index contributed by atoms with van der Waals surface area (Å²) in [6.07, 6.45) is 6.39. The fraction of sp³-hybridized carbons (Fsp3) is 0.357. The Morgan fingerprint density at radius 3 is 2.67 bits per heavy atom. The lowest BCUT2D eigenvalue weighted by Gasteiger charge is -1.99. The van der Waals surface area contributed by atoms with Crippen LogP contribution in [0.4, 0.5) is 0 Å². The average Bonchev–Trinajstić information content (AvgIpc) is 2.22. The summed E-state index contributed by atoms with van der Waals surface area (Å²) in [4.78, 5) is 3.95. The van der Waals surface area contributed by atoms with Gasteiger partial charge in [0.2, 0.25) is 0 Å². The molecule has 1 heteroatoms. The molecule has 0 aliphatic heterocycles. The molecule has 0 fully saturated rings. The molecule has 80 valence electrons. The van der Waals surface area contributed by atoms with Gasteiger partial charge in [-0.2, -0.15) is 0 Å². The average molecular weight is 201 g/mol. The molecule has 0 aromatic rings. The molecule has 1 nitrogen and oxygen atoms in total. The van der Waals surface area contributed by atoms with Gasteiger partial charge in [-0.25, -0.2) is 0 Å². The van der Waals surface area contributed by atoms with Crippen LogP contribution in [0.5, 0.6) is 0 Å². The van der Waals surface area contributed by atoms with Crippen LogP contribution in [0.1, 0.15) is 20.3 Å². The smallest absolute Gasteiger partial charge is 0.0355 e. The standard InChI is InChI=1S/C14H19N/c1-6-13(4)8-7-9-14(12(2)3)10-11-15-5/h6,9,11,13H,1-2,10H2,3-5H3/b14-9-,15-11-. The molecule has 1 atom stereocenters. The maximum absolute atomic E-state index is 3.95. The highest BCUT2D eigenvalue weighted by molar-refractivity contribution is 5.63. The molecule has 0 saturated carbocycles. The van der Waals surface area contributed by atoms with Crippen molar-refractivity contribution in [2.45, 2.75) is 20.3 Å². The van der Waals surface area contributed by atoms with Crippen LogP contribution < -0.4 is 0 Å². The van der Waals surface area contributed by atoms with Crippen molar-refractivity contribution in [3.8, 4) is 11.8 Å². The van der Waals surface area contributed by atoms with Gasteiger partial charge in [0.05, 0.1) is 0 Å². The van der Waals surface area contributed by atoms with Crippen molar-refractivity contribution < 1.29 is 0 Å². The highest BCUT2D eigenvalue weighted by atomic mass is 14.6. The van der Waals surface area contributed by atoms with E-state index in [1.54, 1.807) is 7.05 Å². The van der Waals surface area contributed by atoms with E-state index in [0.29, 0.717) is 0 Å². The van der Waals surface area contributed by atoms with Gasteiger partial charge < -0.3 is 4.99 Å². The van der Waals surface area contributed by atoms with Crippen molar-refractivity contribution >= 4 is 6.21 Å². The minimum Gasteiger partial charge on any atom is -0.301 e. The van der Waals surface area contributed by atoms with E-state index >= 15 is 0 Å². The molecule has 0 aromatic heterocycles. The predicted molar refractivity (Wildman–Crippen MR) is 69.1 cm³/mol. The lowest BCUT2D eigenvalue weighted by Crippen LogP contribution is -1.86. The van der Waals surface area contributed by atoms with Gasteiger partial charge in [0, 0.05) is 25.6 Å². The first-order valence-corrected chi connectivity index (χ1v) is 5.01. The Hall–Kier alpha value is -1.55. The Balaban J connectivity index is 4.59. The van der Waals surface area contributed by atoms with E-state index in [2.05, 4.69) is 30.0 Å². The van der Waals surface area contributed by atoms with Crippen LogP contribution in [0.2, 0.25) is 0 Å². The normalized spacial score (nSPS) is 13.1. The number of rotatable bonds is 4. The zero-order valence-electron chi connectivity index (χ0n) is 9.88. The Morgan fingerprint density at radius 1 is 1.53 bits per heavy atom. The fourth-order valence-electron chi connectivity index (χ4n) is 0.865. The van der Waals surface area contributed by atoms with E-state index in [1.807, 2.05) is 32.2 Å². The number of hydrogen-bond acceptors (Lipinski definition) is 1. The fourth-order valence-corrected chi connectivity index (χ4v) is 0.865. The van der Waals surface area contributed by atoms with E-state index in [-0.39, 0.29) is 5.92 Å². The first kappa shape index (κ1) is 13.4. The summed E-state index contributed by atoms with van der Waals surface area (Å²) in [7, 11) is 1.77. The van der Waals surface area contributed by atoms with Gasteiger partial charge in [-0.1, -0.05) is 30.1 Å². The molecule has 0 bridgehead atoms. The third kappa shape index (κ3) is 6.51. The van der Waals surface area contributed by atoms with E-state index in [0.717, 1.165) is 17.6 Å². The molecular weight excluding hydrogens is 182 g/mol. The zero-order chi connectivity index (χ0) is 11.7. The molecule has 0 heterocycles. The van der Waals surface area contributed by atoms with Crippen molar-refractivity contribution in [3.63, 3.8) is 0 Å². The Morgan fingerprint density at radius 2 is 2.20 bits per heavy atom. The SMILES string of the molecule is C=CC(C)C#C/C=C(/C/C=N\C)C(=C)C. The summed E-state index contributed by atoms with van der Waals surface area (Å²) in [5.41, 5.74) is 2.17. The lowest BCUT2D eigenvalue weighted by atomic mass is 10.1. The van der Waals surface area contributed by atoms with Gasteiger partial charge in [0.25, 0.3) is 0 Å². The summed E-state index contributed by atoms with van der Waals surface area (Å²) in [5.74, 6) is 6.31. The second kappa shape index (κ2) is 7.82. The van der Waals surface area contributed by atoms with Crippen LogP contribution in [0, 0.1) is 17.8 Å². The van der Waals surface area contributed by atoms with E-state index < -0.39 is 0 Å². The number of aliphatic imine (C=N–C) groups is 1. The molecular formula is C14H19N. The third-order valence-electron chi connectivity index (χ3n) is 1.95. The lowest BCUT2D eigenvalue weighted by molar-refractivity contribution is 0.985. The van der Waals surface area contributed by atoms with Crippen LogP contribution >= 0.6 is 0 Å². The highest BCUT2D eigenvalue weighted by Crippen LogP contribution is 2.09. The van der Waals surface area contributed by atoms with Crippen molar-refractivity contribution in [1.82, 2.24) is 0 Å². The van der Waals surface area contributed by atoms with Crippen LogP contribution in [-0.2, 0) is 0 Å². The minimum absolute atomic E-state index is 0.229. The number of hydrogen-bond donors (Lipinski definition) is 0. The topological polar surface area (TPSA) is 12.4 Å². The third-order valence-corrected chi connectivity index (χ3v) is 1.95. The maximum atomic E-state index is 3.95. The van der Waals surface area contributed by atoms with Crippen LogP contribution in [0.25, 0.3) is 0 Å². The first-order valence-electron chi connectivity index (χ1n) is 5.01. The van der Waals surface area contributed by atoms with Gasteiger partial charge in [0.1, 0.15) is 0 Å². The molecule has 0 aliphatic carbocycles. The second-order valence-electron chi connectivity index (χ2n) is 3.41. The Kier molecular flexibility index (Phi) is 7.01. The van der Waals surface area contributed by atoms with Crippen molar-refractivity contribution in [2.24, 2.45) is 10.9 Å². The number of nitrogens with zero attached hydrogens (tertiary/aromatic N) is 1. The van der Waals surface area contributed by atoms with Crippen LogP contribution in [0.15, 0.2) is 41.4 Å². The predicted octanol–water partition coefficient (Wildman–Crippen LogP) is 3.41. The maximum Gasteiger partial charge on any atom is 0.0355 e. The highest BCUT2D eigenvalue weighted by Gasteiger charge is 1.94. The van der Waals surface area contributed by atoms with Gasteiger partial charge in [0.15, 0.2) is 0 Å². The number of allylic oxidation sites excluding steroid dienone is 4. The van der Waals surface area contributed by atoms with E-state index in [1.165, 1.54) is 0 Å². The van der Waals surface area contributed by atoms with Gasteiger partial charge in [-0.3, -0.25) is 0 Å². The molecule has 0 aromatic carbocycles. The second-order valence-corrected chi connectivity index (χ2v) is 3.41. The molecule has 0 spiro atoms. The van der Waals surface area contributed by atoms with E-state index in [9.17, 15) is 0 Å². The summed E-state index contributed by atoms with van der Waals surface area (Å²) < 4.78 is 0. The minimum atomic E-state index is 0.229. The quantitative estimate of drug-likeness (QED) is 0.286. The van der Waals surface area contributed by atoms with Crippen molar-refractivity contribution in [1.29, 1.82) is 0 Å². The molecule has 0 rings (SSSR count). The van der Waals surface area contributed by atoms with E-state index in [4.69, 9.17) is 0 Å². The molecule has 0 aliphatic rings. The Bertz CT molecular complexity index is 334. The molecule has 0 amide bonds. The largest absolute Gasteiger partial charge is 0.301 e. The summed E-state index contributed by atoms with van der Waals surface area (Å²) in [5, 5.41) is 0. The summed E-state index contributed by atoms with van der Waals surface area (Å²) in [6, 6.07) is 0. The van der Waals surface area contributed by atoms with Gasteiger partial charge in [-0.15, -0.1) is 6.58 Å². The molecule has 0 saturated heterocycles.